The molecule has 3 rings (SSSR count). The monoisotopic (exact) mass is 348 g/mol. The predicted octanol–water partition coefficient (Wildman–Crippen LogP) is 1.75. The van der Waals surface area contributed by atoms with E-state index in [1.54, 1.807) is 11.0 Å². The van der Waals surface area contributed by atoms with Gasteiger partial charge in [-0.15, -0.1) is 5.10 Å². The fraction of sp³-hybridized carbons (Fsp3) is 0.500. The summed E-state index contributed by atoms with van der Waals surface area (Å²) < 4.78 is 1.63. The van der Waals surface area contributed by atoms with E-state index in [2.05, 4.69) is 31.8 Å². The summed E-state index contributed by atoms with van der Waals surface area (Å²) in [4.78, 5) is 14.2. The molecule has 2 aromatic rings. The molecule has 1 aliphatic rings. The number of nitrogens with one attached hydrogen (secondary N) is 1. The van der Waals surface area contributed by atoms with Gasteiger partial charge >= 0.3 is 0 Å². The van der Waals surface area contributed by atoms with Gasteiger partial charge in [0.2, 0.25) is 5.91 Å². The van der Waals surface area contributed by atoms with E-state index in [1.807, 2.05) is 18.2 Å². The number of aryl methyl sites for hydroxylation is 1. The van der Waals surface area contributed by atoms with E-state index in [-0.39, 0.29) is 5.91 Å². The third-order valence-corrected chi connectivity index (χ3v) is 4.46. The molecule has 1 unspecified atom stereocenters. The normalized spacial score (nSPS) is 17.2. The van der Waals surface area contributed by atoms with E-state index >= 15 is 0 Å². The van der Waals surface area contributed by atoms with Gasteiger partial charge in [0.1, 0.15) is 6.33 Å². The van der Waals surface area contributed by atoms with Crippen molar-refractivity contribution in [2.75, 3.05) is 24.5 Å². The fourth-order valence-electron chi connectivity index (χ4n) is 2.94. The molecule has 8 heteroatoms. The summed E-state index contributed by atoms with van der Waals surface area (Å²) in [6, 6.07) is 7.92. The van der Waals surface area contributed by atoms with Gasteiger partial charge in [-0.3, -0.25) is 4.79 Å². The molecule has 7 nitrogen and oxygen atoms in total. The number of hydrogen-bond acceptors (Lipinski definition) is 5. The Labute approximate surface area is 146 Å². The average Bonchev–Trinajstić information content (AvgIpc) is 3.25. The van der Waals surface area contributed by atoms with Gasteiger partial charge < -0.3 is 10.2 Å². The molecule has 1 fully saturated rings. The lowest BCUT2D eigenvalue weighted by atomic mass is 10.1. The molecule has 0 radical (unpaired) electrons. The highest BCUT2D eigenvalue weighted by atomic mass is 35.5. The molecule has 24 heavy (non-hydrogen) atoms. The second kappa shape index (κ2) is 8.10. The fourth-order valence-corrected chi connectivity index (χ4v) is 3.12. The number of aromatic nitrogens is 4. The Kier molecular flexibility index (Phi) is 5.63. The molecule has 1 aromatic carbocycles. The number of carbonyl (C=O) groups is 1. The van der Waals surface area contributed by atoms with Gasteiger partial charge in [-0.05, 0) is 47.4 Å². The number of anilines is 1. The highest BCUT2D eigenvalue weighted by molar-refractivity contribution is 6.30. The Balaban J connectivity index is 1.36. The average molecular weight is 349 g/mol. The first-order chi connectivity index (χ1) is 11.7. The Hall–Kier alpha value is -2.15. The molecule has 1 N–H and O–H groups in total. The predicted molar refractivity (Wildman–Crippen MR) is 91.8 cm³/mol. The number of halogens is 1. The van der Waals surface area contributed by atoms with Crippen molar-refractivity contribution in [2.45, 2.75) is 25.8 Å². The Morgan fingerprint density at radius 3 is 3.12 bits per heavy atom. The minimum Gasteiger partial charge on any atom is -0.371 e. The lowest BCUT2D eigenvalue weighted by Crippen LogP contribution is -2.31. The maximum atomic E-state index is 11.9. The molecule has 1 aromatic heterocycles. The van der Waals surface area contributed by atoms with Crippen LogP contribution in [0.25, 0.3) is 0 Å². The van der Waals surface area contributed by atoms with Crippen LogP contribution in [0.15, 0.2) is 30.6 Å². The summed E-state index contributed by atoms with van der Waals surface area (Å²) in [6.07, 6.45) is 3.86. The van der Waals surface area contributed by atoms with Gasteiger partial charge in [0.25, 0.3) is 0 Å². The van der Waals surface area contributed by atoms with Gasteiger partial charge in [0, 0.05) is 43.3 Å². The van der Waals surface area contributed by atoms with E-state index in [0.717, 1.165) is 43.2 Å². The quantitative estimate of drug-likeness (QED) is 0.825. The molecule has 0 spiro atoms. The zero-order chi connectivity index (χ0) is 16.8. The Morgan fingerprint density at radius 1 is 1.42 bits per heavy atom. The largest absolute Gasteiger partial charge is 0.371 e. The molecule has 1 atom stereocenters. The summed E-state index contributed by atoms with van der Waals surface area (Å²) in [5.41, 5.74) is 1.15. The highest BCUT2D eigenvalue weighted by Crippen LogP contribution is 2.25. The first kappa shape index (κ1) is 16.7. The molecule has 1 amide bonds. The van der Waals surface area contributed by atoms with Gasteiger partial charge in [0.05, 0.1) is 0 Å². The van der Waals surface area contributed by atoms with Crippen molar-refractivity contribution in [3.05, 3.63) is 35.6 Å². The van der Waals surface area contributed by atoms with Crippen LogP contribution in [0.4, 0.5) is 5.69 Å². The first-order valence-corrected chi connectivity index (χ1v) is 8.56. The number of rotatable bonds is 7. The van der Waals surface area contributed by atoms with Gasteiger partial charge in [0.15, 0.2) is 0 Å². The molecule has 2 heterocycles. The van der Waals surface area contributed by atoms with Crippen molar-refractivity contribution in [3.63, 3.8) is 0 Å². The lowest BCUT2D eigenvalue weighted by molar-refractivity contribution is -0.121. The Bertz CT molecular complexity index is 662. The van der Waals surface area contributed by atoms with Crippen LogP contribution in [0, 0.1) is 5.92 Å². The molecule has 128 valence electrons. The molecule has 1 aliphatic heterocycles. The van der Waals surface area contributed by atoms with Crippen LogP contribution in [0.2, 0.25) is 5.02 Å². The third kappa shape index (κ3) is 4.67. The van der Waals surface area contributed by atoms with Gasteiger partial charge in [-0.25, -0.2) is 4.68 Å². The summed E-state index contributed by atoms with van der Waals surface area (Å²) in [5.74, 6) is 0.566. The van der Waals surface area contributed by atoms with Crippen molar-refractivity contribution in [1.82, 2.24) is 25.5 Å². The van der Waals surface area contributed by atoms with Crippen LogP contribution in [0.1, 0.15) is 19.3 Å². The second-order valence-corrected chi connectivity index (χ2v) is 6.50. The summed E-state index contributed by atoms with van der Waals surface area (Å²) in [7, 11) is 0. The van der Waals surface area contributed by atoms with Crippen LogP contribution < -0.4 is 10.2 Å². The van der Waals surface area contributed by atoms with Crippen LogP contribution in [-0.4, -0.2) is 45.7 Å². The first-order valence-electron chi connectivity index (χ1n) is 8.19. The van der Waals surface area contributed by atoms with Crippen molar-refractivity contribution in [2.24, 2.45) is 5.92 Å². The zero-order valence-corrected chi connectivity index (χ0v) is 14.2. The number of amides is 1. The molecule has 1 saturated heterocycles. The number of carbonyl (C=O) groups excluding carboxylic acids is 1. The maximum Gasteiger partial charge on any atom is 0.220 e. The van der Waals surface area contributed by atoms with E-state index in [1.165, 1.54) is 0 Å². The van der Waals surface area contributed by atoms with Gasteiger partial charge in [-0.2, -0.15) is 0 Å². The minimum atomic E-state index is 0.0873. The molecular formula is C16H21ClN6O. The minimum absolute atomic E-state index is 0.0873. The van der Waals surface area contributed by atoms with Crippen LogP contribution >= 0.6 is 11.6 Å². The smallest absolute Gasteiger partial charge is 0.220 e. The zero-order valence-electron chi connectivity index (χ0n) is 13.4. The van der Waals surface area contributed by atoms with Crippen molar-refractivity contribution in [1.29, 1.82) is 0 Å². The van der Waals surface area contributed by atoms with Crippen molar-refractivity contribution < 1.29 is 4.79 Å². The summed E-state index contributed by atoms with van der Waals surface area (Å²) in [5, 5.41) is 14.7. The summed E-state index contributed by atoms with van der Waals surface area (Å²) in [6.45, 7) is 3.33. The standard InChI is InChI=1S/C16H21ClN6O/c17-14-3-1-4-15(9-14)22-8-6-13(11-22)10-18-16(24)5-2-7-23-12-19-20-21-23/h1,3-4,9,12-13H,2,5-8,10-11H2,(H,18,24). The van der Waals surface area contributed by atoms with E-state index in [9.17, 15) is 4.79 Å². The van der Waals surface area contributed by atoms with E-state index in [4.69, 9.17) is 11.6 Å². The lowest BCUT2D eigenvalue weighted by Gasteiger charge is -2.19. The Morgan fingerprint density at radius 2 is 2.33 bits per heavy atom. The van der Waals surface area contributed by atoms with Crippen LogP contribution in [0.5, 0.6) is 0 Å². The number of nitrogens with zero attached hydrogens (tertiary/aromatic N) is 5. The summed E-state index contributed by atoms with van der Waals surface area (Å²) >= 11 is 6.05. The van der Waals surface area contributed by atoms with Crippen molar-refractivity contribution in [3.8, 4) is 0 Å². The van der Waals surface area contributed by atoms with Crippen LogP contribution in [0.3, 0.4) is 0 Å². The molecule has 0 saturated carbocycles. The third-order valence-electron chi connectivity index (χ3n) is 4.23. The highest BCUT2D eigenvalue weighted by Gasteiger charge is 2.23. The maximum absolute atomic E-state index is 11.9. The molecular weight excluding hydrogens is 328 g/mol. The van der Waals surface area contributed by atoms with E-state index in [0.29, 0.717) is 18.9 Å². The SMILES string of the molecule is O=C(CCCn1cnnn1)NCC1CCN(c2cccc(Cl)c2)C1. The van der Waals surface area contributed by atoms with Crippen LogP contribution in [-0.2, 0) is 11.3 Å². The van der Waals surface area contributed by atoms with Gasteiger partial charge in [-0.1, -0.05) is 17.7 Å². The topological polar surface area (TPSA) is 75.9 Å². The second-order valence-electron chi connectivity index (χ2n) is 6.06. The van der Waals surface area contributed by atoms with E-state index < -0.39 is 0 Å². The number of tetrazole rings is 1. The molecule has 0 aliphatic carbocycles. The number of hydrogen-bond donors (Lipinski definition) is 1. The number of benzene rings is 1. The molecule has 0 bridgehead atoms. The van der Waals surface area contributed by atoms with Crippen molar-refractivity contribution >= 4 is 23.2 Å².